The third kappa shape index (κ3) is 0.689. The van der Waals surface area contributed by atoms with Crippen LogP contribution < -0.4 is 11.2 Å². The monoisotopic (exact) mass is 152 g/mol. The Morgan fingerprint density at radius 3 is 2.91 bits per heavy atom. The first kappa shape index (κ1) is 5.90. The van der Waals surface area contributed by atoms with Crippen molar-refractivity contribution in [2.75, 3.05) is 0 Å². The Morgan fingerprint density at radius 1 is 1.36 bits per heavy atom. The van der Waals surface area contributed by atoms with E-state index >= 15 is 0 Å². The molecule has 0 aromatic carbocycles. The van der Waals surface area contributed by atoms with Crippen LogP contribution in [0.25, 0.3) is 5.78 Å². The van der Waals surface area contributed by atoms with E-state index in [0.717, 1.165) is 4.40 Å². The summed E-state index contributed by atoms with van der Waals surface area (Å²) in [6.45, 7) is 0. The molecule has 0 aliphatic carbocycles. The summed E-state index contributed by atoms with van der Waals surface area (Å²) in [4.78, 5) is 25.5. The summed E-state index contributed by atoms with van der Waals surface area (Å²) >= 11 is 0. The number of hydrogen-bond acceptors (Lipinski definition) is 3. The van der Waals surface area contributed by atoms with E-state index in [-0.39, 0.29) is 5.78 Å². The third-order valence-corrected chi connectivity index (χ3v) is 1.33. The zero-order valence-corrected chi connectivity index (χ0v) is 5.37. The van der Waals surface area contributed by atoms with Crippen LogP contribution in [0.5, 0.6) is 0 Å². The zero-order valence-electron chi connectivity index (χ0n) is 5.37. The summed E-state index contributed by atoms with van der Waals surface area (Å²) in [7, 11) is 0. The number of rotatable bonds is 0. The minimum absolute atomic E-state index is 0.225. The van der Waals surface area contributed by atoms with Crippen molar-refractivity contribution < 1.29 is 0 Å². The van der Waals surface area contributed by atoms with Crippen molar-refractivity contribution in [3.05, 3.63) is 33.1 Å². The number of nitrogens with zero attached hydrogens (tertiary/aromatic N) is 2. The number of fused-ring (bicyclic) bond motifs is 1. The largest absolute Gasteiger partial charge is 0.350 e. The smallest absolute Gasteiger partial charge is 0.269 e. The van der Waals surface area contributed by atoms with E-state index in [1.807, 2.05) is 0 Å². The van der Waals surface area contributed by atoms with Gasteiger partial charge in [0, 0.05) is 12.3 Å². The lowest BCUT2D eigenvalue weighted by molar-refractivity contribution is 0.988. The maximum atomic E-state index is 10.9. The molecule has 11 heavy (non-hydrogen) atoms. The average molecular weight is 152 g/mol. The summed E-state index contributed by atoms with van der Waals surface area (Å²) in [5.41, 5.74) is -0.893. The SMILES string of the molecule is O=c1ccnc2[nH][nH]c(=O)n12. The van der Waals surface area contributed by atoms with E-state index in [0.29, 0.717) is 0 Å². The third-order valence-electron chi connectivity index (χ3n) is 1.33. The molecule has 0 amide bonds. The van der Waals surface area contributed by atoms with Gasteiger partial charge in [0.2, 0.25) is 5.78 Å². The molecule has 6 nitrogen and oxygen atoms in total. The Hall–Kier alpha value is -1.85. The molecule has 0 aliphatic heterocycles. The van der Waals surface area contributed by atoms with Crippen molar-refractivity contribution in [3.8, 4) is 0 Å². The molecular formula is C5H4N4O2. The van der Waals surface area contributed by atoms with Gasteiger partial charge in [-0.2, -0.15) is 4.40 Å². The van der Waals surface area contributed by atoms with Gasteiger partial charge in [-0.15, -0.1) is 0 Å². The molecule has 0 saturated heterocycles. The number of aromatic amines is 2. The fourth-order valence-electron chi connectivity index (χ4n) is 0.858. The van der Waals surface area contributed by atoms with Gasteiger partial charge in [-0.25, -0.2) is 14.9 Å². The Morgan fingerprint density at radius 2 is 2.18 bits per heavy atom. The fourth-order valence-corrected chi connectivity index (χ4v) is 0.858. The molecule has 0 atom stereocenters. The molecule has 2 rings (SSSR count). The Bertz CT molecular complexity index is 491. The zero-order chi connectivity index (χ0) is 7.84. The van der Waals surface area contributed by atoms with Gasteiger partial charge in [0.1, 0.15) is 0 Å². The maximum absolute atomic E-state index is 10.9. The molecule has 0 radical (unpaired) electrons. The maximum Gasteiger partial charge on any atom is 0.350 e. The van der Waals surface area contributed by atoms with E-state index in [9.17, 15) is 9.59 Å². The highest BCUT2D eigenvalue weighted by Crippen LogP contribution is 1.79. The second kappa shape index (κ2) is 1.82. The first-order valence-corrected chi connectivity index (χ1v) is 2.93. The lowest BCUT2D eigenvalue weighted by Gasteiger charge is -1.83. The number of hydrogen-bond donors (Lipinski definition) is 2. The Kier molecular flexibility index (Phi) is 0.974. The van der Waals surface area contributed by atoms with Crippen LogP contribution in [0.1, 0.15) is 0 Å². The van der Waals surface area contributed by atoms with Gasteiger partial charge in [-0.1, -0.05) is 0 Å². The summed E-state index contributed by atoms with van der Waals surface area (Å²) in [6, 6.07) is 1.22. The molecule has 6 heteroatoms. The molecule has 0 unspecified atom stereocenters. The average Bonchev–Trinajstić information content (AvgIpc) is 2.34. The van der Waals surface area contributed by atoms with Crippen LogP contribution in [0.3, 0.4) is 0 Å². The standard InChI is InChI=1S/C5H4N4O2/c10-3-1-2-6-4-7-8-5(11)9(3)4/h1-2H,(H,6,7)(H,8,11). The van der Waals surface area contributed by atoms with Crippen LogP contribution in [0.15, 0.2) is 21.9 Å². The number of nitrogens with one attached hydrogen (secondary N) is 2. The van der Waals surface area contributed by atoms with E-state index in [2.05, 4.69) is 15.2 Å². The van der Waals surface area contributed by atoms with Crippen LogP contribution in [0.4, 0.5) is 0 Å². The van der Waals surface area contributed by atoms with Crippen LogP contribution in [0, 0.1) is 0 Å². The first-order valence-electron chi connectivity index (χ1n) is 2.93. The van der Waals surface area contributed by atoms with E-state index in [4.69, 9.17) is 0 Å². The second-order valence-electron chi connectivity index (χ2n) is 2.00. The Labute approximate surface area is 59.5 Å². The second-order valence-corrected chi connectivity index (χ2v) is 2.00. The lowest BCUT2D eigenvalue weighted by atomic mass is 10.6. The van der Waals surface area contributed by atoms with Crippen LogP contribution in [0.2, 0.25) is 0 Å². The molecule has 2 aromatic heterocycles. The predicted molar refractivity (Wildman–Crippen MR) is 36.4 cm³/mol. The molecule has 2 aromatic rings. The summed E-state index contributed by atoms with van der Waals surface area (Å²) in [5, 5.41) is 4.68. The lowest BCUT2D eigenvalue weighted by Crippen LogP contribution is -2.23. The molecule has 0 spiro atoms. The Balaban J connectivity index is 3.21. The molecule has 2 N–H and O–H groups in total. The summed E-state index contributed by atoms with van der Waals surface area (Å²) in [6.07, 6.45) is 1.33. The van der Waals surface area contributed by atoms with Crippen molar-refractivity contribution in [1.82, 2.24) is 19.6 Å². The van der Waals surface area contributed by atoms with Gasteiger partial charge in [0.05, 0.1) is 0 Å². The highest BCUT2D eigenvalue weighted by atomic mass is 16.2. The van der Waals surface area contributed by atoms with Gasteiger partial charge in [-0.3, -0.25) is 9.89 Å². The minimum atomic E-state index is -0.502. The van der Waals surface area contributed by atoms with Crippen LogP contribution in [-0.4, -0.2) is 19.6 Å². The van der Waals surface area contributed by atoms with Gasteiger partial charge in [0.15, 0.2) is 0 Å². The molecule has 0 fully saturated rings. The van der Waals surface area contributed by atoms with Gasteiger partial charge in [0.25, 0.3) is 5.56 Å². The highest BCUT2D eigenvalue weighted by molar-refractivity contribution is 5.22. The van der Waals surface area contributed by atoms with Crippen LogP contribution in [-0.2, 0) is 0 Å². The van der Waals surface area contributed by atoms with Crippen LogP contribution >= 0.6 is 0 Å². The van der Waals surface area contributed by atoms with E-state index < -0.39 is 11.2 Å². The predicted octanol–water partition coefficient (Wildman–Crippen LogP) is -1.29. The highest BCUT2D eigenvalue weighted by Gasteiger charge is 1.99. The van der Waals surface area contributed by atoms with Crippen molar-refractivity contribution in [2.24, 2.45) is 0 Å². The van der Waals surface area contributed by atoms with Gasteiger partial charge < -0.3 is 0 Å². The van der Waals surface area contributed by atoms with Crippen molar-refractivity contribution >= 4 is 5.78 Å². The van der Waals surface area contributed by atoms with Crippen molar-refractivity contribution in [1.29, 1.82) is 0 Å². The van der Waals surface area contributed by atoms with Gasteiger partial charge in [-0.05, 0) is 0 Å². The molecule has 2 heterocycles. The normalized spacial score (nSPS) is 10.5. The van der Waals surface area contributed by atoms with Crippen molar-refractivity contribution in [2.45, 2.75) is 0 Å². The fraction of sp³-hybridized carbons (Fsp3) is 0. The quantitative estimate of drug-likeness (QED) is 0.492. The van der Waals surface area contributed by atoms with Gasteiger partial charge >= 0.3 is 5.69 Å². The molecule has 0 aliphatic rings. The molecule has 0 bridgehead atoms. The summed E-state index contributed by atoms with van der Waals surface area (Å²) < 4.78 is 0.917. The molecular weight excluding hydrogens is 148 g/mol. The van der Waals surface area contributed by atoms with Crippen molar-refractivity contribution in [3.63, 3.8) is 0 Å². The number of aromatic nitrogens is 4. The summed E-state index contributed by atoms with van der Waals surface area (Å²) in [5.74, 6) is 0.225. The van der Waals surface area contributed by atoms with E-state index in [1.54, 1.807) is 0 Å². The number of H-pyrrole nitrogens is 2. The minimum Gasteiger partial charge on any atom is -0.269 e. The topological polar surface area (TPSA) is 83.0 Å². The van der Waals surface area contributed by atoms with E-state index in [1.165, 1.54) is 12.3 Å². The molecule has 0 saturated carbocycles. The molecule has 56 valence electrons. The first-order chi connectivity index (χ1) is 5.29.